The monoisotopic (exact) mass is 375 g/mol. The first-order valence-electron chi connectivity index (χ1n) is 9.38. The molecule has 1 aliphatic carbocycles. The Morgan fingerprint density at radius 2 is 1.96 bits per heavy atom. The molecule has 4 rings (SSSR count). The molecular weight excluding hydrogens is 354 g/mol. The van der Waals surface area contributed by atoms with Crippen LogP contribution in [0.1, 0.15) is 51.4 Å². The average Bonchev–Trinajstić information content (AvgIpc) is 2.71. The number of nitrogens with zero attached hydrogens (tertiary/aromatic N) is 3. The molecule has 1 aromatic carbocycles. The van der Waals surface area contributed by atoms with E-state index >= 15 is 0 Å². The van der Waals surface area contributed by atoms with E-state index in [1.807, 2.05) is 31.2 Å². The van der Waals surface area contributed by atoms with E-state index in [1.165, 1.54) is 6.20 Å². The van der Waals surface area contributed by atoms with Gasteiger partial charge in [0.15, 0.2) is 0 Å². The normalized spacial score (nSPS) is 13.0. The maximum absolute atomic E-state index is 12.4. The molecule has 28 heavy (non-hydrogen) atoms. The van der Waals surface area contributed by atoms with Gasteiger partial charge < -0.3 is 5.32 Å². The van der Waals surface area contributed by atoms with E-state index < -0.39 is 0 Å². The lowest BCUT2D eigenvalue weighted by molar-refractivity contribution is 0.102. The number of aryl methyl sites for hydroxylation is 1. The molecular formula is C21H21N5O2. The fourth-order valence-corrected chi connectivity index (χ4v) is 3.53. The van der Waals surface area contributed by atoms with E-state index in [-0.39, 0.29) is 17.2 Å². The van der Waals surface area contributed by atoms with Crippen molar-refractivity contribution in [2.75, 3.05) is 5.32 Å². The number of H-pyrrole nitrogens is 1. The average molecular weight is 375 g/mol. The van der Waals surface area contributed by atoms with Crippen LogP contribution in [0.3, 0.4) is 0 Å². The van der Waals surface area contributed by atoms with Crippen molar-refractivity contribution in [3.05, 3.63) is 80.8 Å². The van der Waals surface area contributed by atoms with Crippen LogP contribution in [0.2, 0.25) is 0 Å². The molecule has 2 heterocycles. The van der Waals surface area contributed by atoms with Crippen molar-refractivity contribution >= 4 is 11.6 Å². The first-order valence-corrected chi connectivity index (χ1v) is 9.38. The van der Waals surface area contributed by atoms with E-state index in [1.54, 1.807) is 6.20 Å². The topological polar surface area (TPSA) is 101 Å². The quantitative estimate of drug-likeness (QED) is 0.730. The third kappa shape index (κ3) is 3.83. The van der Waals surface area contributed by atoms with E-state index in [0.717, 1.165) is 53.8 Å². The molecule has 7 nitrogen and oxygen atoms in total. The van der Waals surface area contributed by atoms with Crippen molar-refractivity contribution in [1.29, 1.82) is 0 Å². The minimum Gasteiger partial charge on any atom is -0.321 e. The molecule has 0 saturated carbocycles. The van der Waals surface area contributed by atoms with Crippen LogP contribution in [0, 0.1) is 6.92 Å². The number of carbonyl (C=O) groups is 1. The van der Waals surface area contributed by atoms with Crippen molar-refractivity contribution in [1.82, 2.24) is 20.2 Å². The van der Waals surface area contributed by atoms with Crippen molar-refractivity contribution < 1.29 is 4.79 Å². The predicted molar refractivity (Wildman–Crippen MR) is 105 cm³/mol. The lowest BCUT2D eigenvalue weighted by Crippen LogP contribution is -2.23. The zero-order chi connectivity index (χ0) is 19.5. The Morgan fingerprint density at radius 3 is 2.75 bits per heavy atom. The van der Waals surface area contributed by atoms with Crippen LogP contribution < -0.4 is 10.9 Å². The van der Waals surface area contributed by atoms with Gasteiger partial charge in [0.05, 0.1) is 17.6 Å². The Bertz CT molecular complexity index is 1070. The number of nitrogens with one attached hydrogen (secondary N) is 2. The van der Waals surface area contributed by atoms with Crippen molar-refractivity contribution in [2.45, 2.75) is 39.0 Å². The first-order chi connectivity index (χ1) is 13.6. The SMILES string of the molecule is Cc1cnc(C(=O)Nc2cccc(Cc3n[nH]c(=O)c4c3CCCC4)c2)cn1. The fourth-order valence-electron chi connectivity index (χ4n) is 3.53. The van der Waals surface area contributed by atoms with Gasteiger partial charge >= 0.3 is 0 Å². The van der Waals surface area contributed by atoms with Gasteiger partial charge in [-0.1, -0.05) is 12.1 Å². The van der Waals surface area contributed by atoms with Gasteiger partial charge in [-0.3, -0.25) is 14.6 Å². The van der Waals surface area contributed by atoms with Crippen molar-refractivity contribution in [3.8, 4) is 0 Å². The number of hydrogen-bond donors (Lipinski definition) is 2. The molecule has 0 fully saturated rings. The Morgan fingerprint density at radius 1 is 1.14 bits per heavy atom. The molecule has 7 heteroatoms. The molecule has 1 aliphatic rings. The van der Waals surface area contributed by atoms with E-state index in [4.69, 9.17) is 0 Å². The van der Waals surface area contributed by atoms with Crippen LogP contribution in [0.15, 0.2) is 41.5 Å². The molecule has 2 aromatic heterocycles. The van der Waals surface area contributed by atoms with Gasteiger partial charge in [0, 0.05) is 23.9 Å². The van der Waals surface area contributed by atoms with E-state index in [0.29, 0.717) is 12.1 Å². The van der Waals surface area contributed by atoms with Crippen molar-refractivity contribution in [2.24, 2.45) is 0 Å². The van der Waals surface area contributed by atoms with Crippen LogP contribution in [-0.2, 0) is 19.3 Å². The summed E-state index contributed by atoms with van der Waals surface area (Å²) in [7, 11) is 0. The summed E-state index contributed by atoms with van der Waals surface area (Å²) in [4.78, 5) is 32.6. The summed E-state index contributed by atoms with van der Waals surface area (Å²) >= 11 is 0. The smallest absolute Gasteiger partial charge is 0.275 e. The Kier molecular flexibility index (Phi) is 4.97. The number of hydrogen-bond acceptors (Lipinski definition) is 5. The van der Waals surface area contributed by atoms with Gasteiger partial charge in [-0.25, -0.2) is 10.1 Å². The summed E-state index contributed by atoms with van der Waals surface area (Å²) in [5.74, 6) is -0.302. The number of amides is 1. The second-order valence-corrected chi connectivity index (χ2v) is 7.04. The zero-order valence-corrected chi connectivity index (χ0v) is 15.7. The highest BCUT2D eigenvalue weighted by molar-refractivity contribution is 6.02. The summed E-state index contributed by atoms with van der Waals surface area (Å²) in [6, 6.07) is 7.63. The first kappa shape index (κ1) is 18.0. The zero-order valence-electron chi connectivity index (χ0n) is 15.7. The van der Waals surface area contributed by atoms with Gasteiger partial charge in [-0.05, 0) is 55.9 Å². The molecule has 0 atom stereocenters. The summed E-state index contributed by atoms with van der Waals surface area (Å²) in [5, 5.41) is 9.78. The molecule has 0 aliphatic heterocycles. The standard InChI is InChI=1S/C21H21N5O2/c1-13-11-23-19(12-22-13)21(28)24-15-6-4-5-14(9-15)10-18-16-7-2-3-8-17(16)20(27)26-25-18/h4-6,9,11-12H,2-3,7-8,10H2,1H3,(H,24,28)(H,26,27). The molecule has 1 amide bonds. The molecule has 3 aromatic rings. The van der Waals surface area contributed by atoms with Crippen LogP contribution in [-0.4, -0.2) is 26.1 Å². The second kappa shape index (κ2) is 7.72. The molecule has 0 bridgehead atoms. The molecule has 0 saturated heterocycles. The Balaban J connectivity index is 1.54. The van der Waals surface area contributed by atoms with Crippen LogP contribution >= 0.6 is 0 Å². The minimum absolute atomic E-state index is 0.0707. The van der Waals surface area contributed by atoms with Gasteiger partial charge in [0.1, 0.15) is 5.69 Å². The molecule has 2 N–H and O–H groups in total. The van der Waals surface area contributed by atoms with Gasteiger partial charge in [0.25, 0.3) is 11.5 Å². The number of aromatic nitrogens is 4. The third-order valence-corrected chi connectivity index (χ3v) is 4.95. The largest absolute Gasteiger partial charge is 0.321 e. The summed E-state index contributed by atoms with van der Waals surface area (Å²) in [6.45, 7) is 1.82. The highest BCUT2D eigenvalue weighted by atomic mass is 16.2. The summed E-state index contributed by atoms with van der Waals surface area (Å²) in [6.07, 6.45) is 7.47. The second-order valence-electron chi connectivity index (χ2n) is 7.04. The maximum Gasteiger partial charge on any atom is 0.275 e. The van der Waals surface area contributed by atoms with Crippen LogP contribution in [0.25, 0.3) is 0 Å². The van der Waals surface area contributed by atoms with Crippen molar-refractivity contribution in [3.63, 3.8) is 0 Å². The number of anilines is 1. The lowest BCUT2D eigenvalue weighted by atomic mass is 9.90. The molecule has 0 radical (unpaired) electrons. The van der Waals surface area contributed by atoms with E-state index in [9.17, 15) is 9.59 Å². The lowest BCUT2D eigenvalue weighted by Gasteiger charge is -2.17. The number of fused-ring (bicyclic) bond motifs is 1. The molecule has 0 spiro atoms. The summed E-state index contributed by atoms with van der Waals surface area (Å²) < 4.78 is 0. The highest BCUT2D eigenvalue weighted by Gasteiger charge is 2.18. The third-order valence-electron chi connectivity index (χ3n) is 4.95. The number of rotatable bonds is 4. The Labute approximate surface area is 162 Å². The Hall–Kier alpha value is -3.35. The number of benzene rings is 1. The van der Waals surface area contributed by atoms with E-state index in [2.05, 4.69) is 25.5 Å². The number of carbonyl (C=O) groups excluding carboxylic acids is 1. The predicted octanol–water partition coefficient (Wildman–Crippen LogP) is 2.59. The highest BCUT2D eigenvalue weighted by Crippen LogP contribution is 2.23. The minimum atomic E-state index is -0.302. The fraction of sp³-hybridized carbons (Fsp3) is 0.286. The van der Waals surface area contributed by atoms with Gasteiger partial charge in [-0.15, -0.1) is 0 Å². The molecule has 142 valence electrons. The number of aromatic amines is 1. The van der Waals surface area contributed by atoms with Crippen LogP contribution in [0.5, 0.6) is 0 Å². The maximum atomic E-state index is 12.4. The van der Waals surface area contributed by atoms with Gasteiger partial charge in [-0.2, -0.15) is 5.10 Å². The molecule has 0 unspecified atom stereocenters. The van der Waals surface area contributed by atoms with Crippen LogP contribution in [0.4, 0.5) is 5.69 Å². The summed E-state index contributed by atoms with van der Waals surface area (Å²) in [5.41, 5.74) is 5.52. The van der Waals surface area contributed by atoms with Gasteiger partial charge in [0.2, 0.25) is 0 Å².